The van der Waals surface area contributed by atoms with Gasteiger partial charge in [-0.2, -0.15) is 0 Å². The molecule has 0 radical (unpaired) electrons. The zero-order chi connectivity index (χ0) is 11.1. The van der Waals surface area contributed by atoms with Gasteiger partial charge >= 0.3 is 8.72 Å². The van der Waals surface area contributed by atoms with Crippen LogP contribution in [0.1, 0.15) is 20.8 Å². The van der Waals surface area contributed by atoms with E-state index in [1.807, 2.05) is 13.8 Å². The Morgan fingerprint density at radius 1 is 1.07 bits per heavy atom. The fourth-order valence-electron chi connectivity index (χ4n) is 2.01. The van der Waals surface area contributed by atoms with Crippen molar-refractivity contribution in [3.8, 4) is 0 Å². The minimum Gasteiger partial charge on any atom is -0.383 e. The van der Waals surface area contributed by atoms with Gasteiger partial charge in [0.05, 0.1) is 13.2 Å². The molecule has 1 heterocycles. The second-order valence-electron chi connectivity index (χ2n) is 3.53. The summed E-state index contributed by atoms with van der Waals surface area (Å²) >= 11 is 0. The van der Waals surface area contributed by atoms with E-state index in [2.05, 4.69) is 11.5 Å². The van der Waals surface area contributed by atoms with E-state index in [-0.39, 0.29) is 0 Å². The predicted molar refractivity (Wildman–Crippen MR) is 61.9 cm³/mol. The first kappa shape index (κ1) is 13.1. The number of hydrogen-bond acceptors (Lipinski definition) is 4. The number of hydrogen-bond donors (Lipinski definition) is 0. The lowest BCUT2D eigenvalue weighted by Crippen LogP contribution is -2.61. The maximum atomic E-state index is 5.95. The predicted octanol–water partition coefficient (Wildman–Crippen LogP) is 1.35. The normalized spacial score (nSPS) is 19.4. The van der Waals surface area contributed by atoms with Gasteiger partial charge in [0.1, 0.15) is 0 Å². The van der Waals surface area contributed by atoms with E-state index in [0.717, 1.165) is 45.6 Å². The van der Waals surface area contributed by atoms with Crippen LogP contribution in [-0.4, -0.2) is 52.8 Å². The Kier molecular flexibility index (Phi) is 5.77. The van der Waals surface area contributed by atoms with Crippen molar-refractivity contribution in [1.29, 1.82) is 0 Å². The van der Waals surface area contributed by atoms with Gasteiger partial charge in [0.15, 0.2) is 0 Å². The lowest BCUT2D eigenvalue weighted by molar-refractivity contribution is 0.0318. The molecule has 0 aromatic heterocycles. The Balaban J connectivity index is 2.66. The number of nitrogens with zero attached hydrogens (tertiary/aromatic N) is 1. The third-order valence-electron chi connectivity index (χ3n) is 2.68. The molecule has 15 heavy (non-hydrogen) atoms. The van der Waals surface area contributed by atoms with Gasteiger partial charge in [0, 0.05) is 32.3 Å². The molecule has 0 N–H and O–H groups in total. The zero-order valence-corrected chi connectivity index (χ0v) is 11.1. The van der Waals surface area contributed by atoms with Crippen molar-refractivity contribution in [3.63, 3.8) is 0 Å². The second kappa shape index (κ2) is 6.60. The summed E-state index contributed by atoms with van der Waals surface area (Å²) in [6.45, 7) is 11.2. The van der Waals surface area contributed by atoms with Crippen molar-refractivity contribution < 1.29 is 13.6 Å². The summed E-state index contributed by atoms with van der Waals surface area (Å²) in [5.74, 6) is 0. The molecule has 0 saturated carbocycles. The van der Waals surface area contributed by atoms with Crippen LogP contribution in [0.3, 0.4) is 0 Å². The van der Waals surface area contributed by atoms with Crippen LogP contribution in [0.5, 0.6) is 0 Å². The number of morpholine rings is 1. The van der Waals surface area contributed by atoms with Gasteiger partial charge in [-0.1, -0.05) is 6.92 Å². The van der Waals surface area contributed by atoms with Gasteiger partial charge in [-0.3, -0.25) is 4.57 Å². The molecular formula is C10H23NO3Si. The van der Waals surface area contributed by atoms with E-state index in [4.69, 9.17) is 13.6 Å². The van der Waals surface area contributed by atoms with E-state index in [9.17, 15) is 0 Å². The van der Waals surface area contributed by atoms with Gasteiger partial charge in [0.25, 0.3) is 0 Å². The summed E-state index contributed by atoms with van der Waals surface area (Å²) in [5, 5.41) is 0. The van der Waals surface area contributed by atoms with Crippen molar-refractivity contribution in [2.45, 2.75) is 26.8 Å². The summed E-state index contributed by atoms with van der Waals surface area (Å²) in [5.41, 5.74) is 0. The van der Waals surface area contributed by atoms with Crippen LogP contribution in [0.15, 0.2) is 0 Å². The first-order chi connectivity index (χ1) is 7.29. The topological polar surface area (TPSA) is 30.9 Å². The van der Waals surface area contributed by atoms with E-state index < -0.39 is 8.72 Å². The van der Waals surface area contributed by atoms with Crippen molar-refractivity contribution >= 4 is 8.72 Å². The molecule has 1 rings (SSSR count). The molecular weight excluding hydrogens is 210 g/mol. The first-order valence-corrected chi connectivity index (χ1v) is 7.86. The van der Waals surface area contributed by atoms with Crippen LogP contribution in [0.2, 0.25) is 6.04 Å². The van der Waals surface area contributed by atoms with E-state index in [1.54, 1.807) is 0 Å². The van der Waals surface area contributed by atoms with Gasteiger partial charge in [-0.25, -0.2) is 0 Å². The molecule has 0 aromatic rings. The largest absolute Gasteiger partial charge is 0.427 e. The van der Waals surface area contributed by atoms with Crippen LogP contribution in [0, 0.1) is 0 Å². The highest BCUT2D eigenvalue weighted by atomic mass is 28.4. The molecule has 0 aromatic carbocycles. The SMILES string of the molecule is CCO[Si](CC)(OCC)N1CCOCC1. The number of ether oxygens (including phenoxy) is 1. The average molecular weight is 233 g/mol. The van der Waals surface area contributed by atoms with E-state index in [0.29, 0.717) is 0 Å². The zero-order valence-electron chi connectivity index (χ0n) is 10.1. The maximum Gasteiger partial charge on any atom is 0.427 e. The number of rotatable bonds is 6. The maximum absolute atomic E-state index is 5.95. The summed E-state index contributed by atoms with van der Waals surface area (Å²) in [4.78, 5) is 0. The first-order valence-electron chi connectivity index (χ1n) is 5.89. The Bertz CT molecular complexity index is 168. The molecule has 4 nitrogen and oxygen atoms in total. The summed E-state index contributed by atoms with van der Waals surface area (Å²) in [6, 6.07) is 0.981. The molecule has 0 aliphatic carbocycles. The van der Waals surface area contributed by atoms with Gasteiger partial charge in [0.2, 0.25) is 0 Å². The fraction of sp³-hybridized carbons (Fsp3) is 1.00. The van der Waals surface area contributed by atoms with Crippen molar-refractivity contribution in [2.75, 3.05) is 39.5 Å². The minimum atomic E-state index is -2.12. The Morgan fingerprint density at radius 3 is 2.00 bits per heavy atom. The lowest BCUT2D eigenvalue weighted by Gasteiger charge is -2.40. The molecule has 0 unspecified atom stereocenters. The quantitative estimate of drug-likeness (QED) is 0.648. The van der Waals surface area contributed by atoms with Crippen molar-refractivity contribution in [3.05, 3.63) is 0 Å². The van der Waals surface area contributed by atoms with Crippen molar-refractivity contribution in [1.82, 2.24) is 4.57 Å². The Labute approximate surface area is 93.8 Å². The fourth-order valence-corrected chi connectivity index (χ4v) is 5.08. The molecule has 5 heteroatoms. The standard InChI is InChI=1S/C10H23NO3Si/c1-4-13-15(6-3,14-5-2)11-7-9-12-10-8-11/h4-10H2,1-3H3. The summed E-state index contributed by atoms with van der Waals surface area (Å²) in [6.07, 6.45) is 0. The highest BCUT2D eigenvalue weighted by Crippen LogP contribution is 2.20. The minimum absolute atomic E-state index is 0.734. The molecule has 1 fully saturated rings. The molecule has 90 valence electrons. The molecule has 1 aliphatic heterocycles. The highest BCUT2D eigenvalue weighted by Gasteiger charge is 2.43. The highest BCUT2D eigenvalue weighted by molar-refractivity contribution is 6.64. The molecule has 1 saturated heterocycles. The molecule has 1 aliphatic rings. The van der Waals surface area contributed by atoms with Crippen LogP contribution in [0.25, 0.3) is 0 Å². The summed E-state index contributed by atoms with van der Waals surface area (Å²) < 4.78 is 19.6. The van der Waals surface area contributed by atoms with Crippen LogP contribution < -0.4 is 0 Å². The molecule has 0 spiro atoms. The van der Waals surface area contributed by atoms with Crippen LogP contribution in [0.4, 0.5) is 0 Å². The second-order valence-corrected chi connectivity index (χ2v) is 6.87. The molecule has 0 bridgehead atoms. The van der Waals surface area contributed by atoms with Crippen molar-refractivity contribution in [2.24, 2.45) is 0 Å². The van der Waals surface area contributed by atoms with Crippen LogP contribution in [-0.2, 0) is 13.6 Å². The third-order valence-corrected chi connectivity index (χ3v) is 6.46. The van der Waals surface area contributed by atoms with E-state index in [1.165, 1.54) is 0 Å². The lowest BCUT2D eigenvalue weighted by atomic mass is 10.5. The average Bonchev–Trinajstić information content (AvgIpc) is 2.30. The van der Waals surface area contributed by atoms with Gasteiger partial charge in [-0.05, 0) is 13.8 Å². The summed E-state index contributed by atoms with van der Waals surface area (Å²) in [7, 11) is -2.12. The Morgan fingerprint density at radius 2 is 1.60 bits per heavy atom. The Hall–Kier alpha value is 0.0569. The smallest absolute Gasteiger partial charge is 0.383 e. The van der Waals surface area contributed by atoms with Gasteiger partial charge < -0.3 is 13.6 Å². The van der Waals surface area contributed by atoms with E-state index >= 15 is 0 Å². The third kappa shape index (κ3) is 3.25. The van der Waals surface area contributed by atoms with Gasteiger partial charge in [-0.15, -0.1) is 0 Å². The molecule has 0 atom stereocenters. The monoisotopic (exact) mass is 233 g/mol. The molecule has 0 amide bonds. The van der Waals surface area contributed by atoms with Crippen LogP contribution >= 0.6 is 0 Å².